The summed E-state index contributed by atoms with van der Waals surface area (Å²) in [5.41, 5.74) is 3.29. The number of allylic oxidation sites excluding steroid dienone is 1. The number of anilines is 1. The summed E-state index contributed by atoms with van der Waals surface area (Å²) >= 11 is 0. The minimum Gasteiger partial charge on any atom is -0.410 e. The van der Waals surface area contributed by atoms with Gasteiger partial charge in [0.05, 0.1) is 5.56 Å². The minimum atomic E-state index is -4.48. The number of carbonyl (C=O) groups excluding carboxylic acids is 1. The fourth-order valence-electron chi connectivity index (χ4n) is 3.08. The normalized spacial score (nSPS) is 16.6. The topological polar surface area (TPSA) is 93.1 Å². The van der Waals surface area contributed by atoms with Crippen LogP contribution in [-0.4, -0.2) is 26.7 Å². The monoisotopic (exact) mass is 446 g/mol. The highest BCUT2D eigenvalue weighted by molar-refractivity contribution is 5.89. The Morgan fingerprint density at radius 3 is 2.50 bits per heavy atom. The number of carbonyl (C=O) groups is 1. The Hall–Kier alpha value is -3.60. The van der Waals surface area contributed by atoms with Gasteiger partial charge in [0.2, 0.25) is 0 Å². The maximum absolute atomic E-state index is 12.9. The molecule has 1 atom stereocenters. The number of halogens is 3. The molecule has 0 radical (unpaired) electrons. The molecule has 11 heteroatoms. The predicted octanol–water partition coefficient (Wildman–Crippen LogP) is 4.35. The summed E-state index contributed by atoms with van der Waals surface area (Å²) in [6, 6.07) is 7.26. The van der Waals surface area contributed by atoms with Crippen molar-refractivity contribution in [3.63, 3.8) is 0 Å². The Morgan fingerprint density at radius 2 is 1.88 bits per heavy atom. The molecule has 8 nitrogen and oxygen atoms in total. The number of nitrogens with zero attached hydrogens (tertiary/aromatic N) is 3. The first kappa shape index (κ1) is 21.6. The van der Waals surface area contributed by atoms with E-state index in [4.69, 9.17) is 4.84 Å². The smallest absolute Gasteiger partial charge is 0.410 e. The number of hydrogen-bond donors (Lipinski definition) is 3. The third kappa shape index (κ3) is 4.52. The van der Waals surface area contributed by atoms with Crippen LogP contribution in [0.2, 0.25) is 0 Å². The number of fused-ring (bicyclic) bond motifs is 1. The van der Waals surface area contributed by atoms with Gasteiger partial charge in [0.15, 0.2) is 5.65 Å². The van der Waals surface area contributed by atoms with Gasteiger partial charge in [-0.25, -0.2) is 14.8 Å². The van der Waals surface area contributed by atoms with Gasteiger partial charge in [0, 0.05) is 23.0 Å². The number of benzene rings is 1. The summed E-state index contributed by atoms with van der Waals surface area (Å²) in [6.45, 7) is 6.00. The van der Waals surface area contributed by atoms with E-state index in [-0.39, 0.29) is 10.9 Å². The Labute approximate surface area is 181 Å². The van der Waals surface area contributed by atoms with Crippen LogP contribution in [0.25, 0.3) is 16.9 Å². The van der Waals surface area contributed by atoms with E-state index in [1.54, 1.807) is 34.9 Å². The number of alkyl halides is 3. The van der Waals surface area contributed by atoms with E-state index in [1.165, 1.54) is 6.33 Å². The second-order valence-corrected chi connectivity index (χ2v) is 8.30. The Morgan fingerprint density at radius 1 is 1.16 bits per heavy atom. The Balaban J connectivity index is 1.44. The molecule has 1 aliphatic rings. The predicted molar refractivity (Wildman–Crippen MR) is 112 cm³/mol. The zero-order valence-electron chi connectivity index (χ0n) is 17.5. The quantitative estimate of drug-likeness (QED) is 0.556. The van der Waals surface area contributed by atoms with Crippen molar-refractivity contribution in [1.82, 2.24) is 25.3 Å². The van der Waals surface area contributed by atoms with Crippen molar-refractivity contribution in [3.8, 4) is 5.69 Å². The number of hydroxylamine groups is 1. The van der Waals surface area contributed by atoms with Gasteiger partial charge in [-0.05, 0) is 36.4 Å². The van der Waals surface area contributed by atoms with Crippen LogP contribution in [0.1, 0.15) is 26.3 Å². The zero-order chi connectivity index (χ0) is 23.1. The van der Waals surface area contributed by atoms with Crippen LogP contribution in [0.3, 0.4) is 0 Å². The van der Waals surface area contributed by atoms with E-state index in [0.717, 1.165) is 18.0 Å². The molecule has 3 heterocycles. The van der Waals surface area contributed by atoms with Crippen molar-refractivity contribution < 1.29 is 22.8 Å². The molecule has 0 aliphatic carbocycles. The lowest BCUT2D eigenvalue weighted by atomic mass is 9.94. The standard InChI is InChI=1S/C21H21F3N6O2/c1-20(2,3)16-9-17(29-32-16)28-19(31)27-13-4-6-14(7-5-13)30-11-26-15-8-12(21(22,23)24)10-25-18(15)30/h4-11,17,29H,1-3H3,(H2,27,28,31). The number of aromatic nitrogens is 3. The van der Waals surface area contributed by atoms with Crippen molar-refractivity contribution in [1.29, 1.82) is 0 Å². The molecule has 3 aromatic rings. The summed E-state index contributed by atoms with van der Waals surface area (Å²) in [6.07, 6.45) is -0.972. The van der Waals surface area contributed by atoms with Crippen LogP contribution in [0.15, 0.2) is 54.7 Å². The summed E-state index contributed by atoms with van der Waals surface area (Å²) in [5.74, 6) is 0.732. The van der Waals surface area contributed by atoms with Crippen molar-refractivity contribution in [2.24, 2.45) is 5.41 Å². The molecule has 0 bridgehead atoms. The average molecular weight is 446 g/mol. The fraction of sp³-hybridized carbons (Fsp3) is 0.286. The second kappa shape index (κ2) is 7.83. The number of hydrogen-bond acceptors (Lipinski definition) is 5. The van der Waals surface area contributed by atoms with E-state index in [9.17, 15) is 18.0 Å². The van der Waals surface area contributed by atoms with Gasteiger partial charge in [-0.1, -0.05) is 20.8 Å². The van der Waals surface area contributed by atoms with E-state index in [0.29, 0.717) is 17.0 Å². The largest absolute Gasteiger partial charge is 0.417 e. The number of amides is 2. The van der Waals surface area contributed by atoms with Gasteiger partial charge in [0.25, 0.3) is 0 Å². The molecule has 1 aliphatic heterocycles. The number of rotatable bonds is 3. The molecule has 3 N–H and O–H groups in total. The van der Waals surface area contributed by atoms with Gasteiger partial charge < -0.3 is 15.5 Å². The van der Waals surface area contributed by atoms with Gasteiger partial charge >= 0.3 is 12.2 Å². The maximum Gasteiger partial charge on any atom is 0.417 e. The molecule has 4 rings (SSSR count). The highest BCUT2D eigenvalue weighted by Crippen LogP contribution is 2.31. The Bertz CT molecular complexity index is 1180. The second-order valence-electron chi connectivity index (χ2n) is 8.30. The minimum absolute atomic E-state index is 0.135. The fourth-order valence-corrected chi connectivity index (χ4v) is 3.08. The molecule has 1 aromatic carbocycles. The maximum atomic E-state index is 12.9. The summed E-state index contributed by atoms with van der Waals surface area (Å²) in [5, 5.41) is 5.45. The number of nitrogens with one attached hydrogen (secondary N) is 3. The Kier molecular flexibility index (Phi) is 5.29. The van der Waals surface area contributed by atoms with E-state index >= 15 is 0 Å². The molecule has 1 unspecified atom stereocenters. The molecule has 0 spiro atoms. The van der Waals surface area contributed by atoms with Crippen LogP contribution < -0.4 is 16.1 Å². The highest BCUT2D eigenvalue weighted by Gasteiger charge is 2.31. The SMILES string of the molecule is CC(C)(C)C1=CC(NC(=O)Nc2ccc(-n3cnc4cc(C(F)(F)F)cnc43)cc2)NO1. The molecule has 168 valence electrons. The molecule has 0 saturated carbocycles. The summed E-state index contributed by atoms with van der Waals surface area (Å²) in [4.78, 5) is 25.6. The first-order valence-electron chi connectivity index (χ1n) is 9.74. The van der Waals surface area contributed by atoms with Crippen LogP contribution in [0.5, 0.6) is 0 Å². The molecule has 0 fully saturated rings. The molecule has 2 aromatic heterocycles. The van der Waals surface area contributed by atoms with Crippen molar-refractivity contribution >= 4 is 22.9 Å². The van der Waals surface area contributed by atoms with Gasteiger partial charge in [0.1, 0.15) is 23.8 Å². The van der Waals surface area contributed by atoms with E-state index in [2.05, 4.69) is 26.1 Å². The average Bonchev–Trinajstić information content (AvgIpc) is 3.34. The van der Waals surface area contributed by atoms with Crippen LogP contribution in [0.4, 0.5) is 23.7 Å². The van der Waals surface area contributed by atoms with Gasteiger partial charge in [-0.15, -0.1) is 5.48 Å². The number of pyridine rings is 1. The number of urea groups is 1. The lowest BCUT2D eigenvalue weighted by Gasteiger charge is -2.17. The summed E-state index contributed by atoms with van der Waals surface area (Å²) < 4.78 is 40.2. The van der Waals surface area contributed by atoms with Crippen molar-refractivity contribution in [2.45, 2.75) is 33.1 Å². The third-order valence-electron chi connectivity index (χ3n) is 4.76. The molecule has 2 amide bonds. The first-order chi connectivity index (χ1) is 15.0. The highest BCUT2D eigenvalue weighted by atomic mass is 19.4. The lowest BCUT2D eigenvalue weighted by Crippen LogP contribution is -2.43. The van der Waals surface area contributed by atoms with Gasteiger partial charge in [-0.3, -0.25) is 4.57 Å². The van der Waals surface area contributed by atoms with Crippen LogP contribution in [0, 0.1) is 5.41 Å². The molecule has 32 heavy (non-hydrogen) atoms. The summed E-state index contributed by atoms with van der Waals surface area (Å²) in [7, 11) is 0. The lowest BCUT2D eigenvalue weighted by molar-refractivity contribution is -0.137. The van der Waals surface area contributed by atoms with Gasteiger partial charge in [-0.2, -0.15) is 13.2 Å². The molecule has 0 saturated heterocycles. The number of imidazole rings is 1. The van der Waals surface area contributed by atoms with Crippen LogP contribution >= 0.6 is 0 Å². The van der Waals surface area contributed by atoms with Crippen molar-refractivity contribution in [3.05, 3.63) is 60.3 Å². The first-order valence-corrected chi connectivity index (χ1v) is 9.74. The molecular weight excluding hydrogens is 425 g/mol. The van der Waals surface area contributed by atoms with E-state index in [1.807, 2.05) is 20.8 Å². The van der Waals surface area contributed by atoms with Crippen molar-refractivity contribution in [2.75, 3.05) is 5.32 Å². The molecular formula is C21H21F3N6O2. The van der Waals surface area contributed by atoms with E-state index < -0.39 is 23.9 Å². The third-order valence-corrected chi connectivity index (χ3v) is 4.76. The zero-order valence-corrected chi connectivity index (χ0v) is 17.5. The van der Waals surface area contributed by atoms with Crippen LogP contribution in [-0.2, 0) is 11.0 Å².